The van der Waals surface area contributed by atoms with Crippen LogP contribution in [0.4, 0.5) is 0 Å². The van der Waals surface area contributed by atoms with E-state index in [0.717, 1.165) is 12.2 Å². The highest BCUT2D eigenvalue weighted by Gasteiger charge is 2.28. The van der Waals surface area contributed by atoms with Crippen LogP contribution in [0.2, 0.25) is 0 Å². The zero-order valence-electron chi connectivity index (χ0n) is 11.5. The summed E-state index contributed by atoms with van der Waals surface area (Å²) in [6, 6.07) is 8.43. The molecule has 1 aliphatic carbocycles. The summed E-state index contributed by atoms with van der Waals surface area (Å²) < 4.78 is 5.73. The Kier molecular flexibility index (Phi) is 3.60. The molecule has 0 aromatic heterocycles. The first-order valence-electron chi connectivity index (χ1n) is 7.18. The van der Waals surface area contributed by atoms with Gasteiger partial charge in [0.2, 0.25) is 5.91 Å². The minimum Gasteiger partial charge on any atom is -0.492 e. The van der Waals surface area contributed by atoms with E-state index in [1.54, 1.807) is 4.90 Å². The predicted octanol–water partition coefficient (Wildman–Crippen LogP) is 1.93. The van der Waals surface area contributed by atoms with E-state index >= 15 is 0 Å². The van der Waals surface area contributed by atoms with Gasteiger partial charge in [0, 0.05) is 13.0 Å². The predicted molar refractivity (Wildman–Crippen MR) is 74.3 cm³/mol. The van der Waals surface area contributed by atoms with Crippen molar-refractivity contribution in [3.05, 3.63) is 29.3 Å². The fraction of sp³-hybridized carbons (Fsp3) is 0.500. The van der Waals surface area contributed by atoms with E-state index in [1.165, 1.54) is 24.0 Å². The van der Waals surface area contributed by atoms with E-state index in [1.807, 2.05) is 6.07 Å². The molecule has 0 N–H and O–H groups in total. The maximum atomic E-state index is 11.7. The SMILES string of the molecule is N#CC1CC(=O)N(CCOc2ccc3c(c2)CCC3)C1. The number of hydrogen-bond acceptors (Lipinski definition) is 3. The van der Waals surface area contributed by atoms with Crippen LogP contribution in [0.25, 0.3) is 0 Å². The van der Waals surface area contributed by atoms with Crippen molar-refractivity contribution in [3.8, 4) is 11.8 Å². The molecule has 1 amide bonds. The summed E-state index contributed by atoms with van der Waals surface area (Å²) in [4.78, 5) is 13.4. The van der Waals surface area contributed by atoms with E-state index in [2.05, 4.69) is 18.2 Å². The fourth-order valence-electron chi connectivity index (χ4n) is 2.99. The minimum atomic E-state index is -0.150. The Bertz CT molecular complexity index is 562. The lowest BCUT2D eigenvalue weighted by molar-refractivity contribution is -0.128. The lowest BCUT2D eigenvalue weighted by atomic mass is 10.1. The molecule has 1 heterocycles. The second-order valence-electron chi connectivity index (χ2n) is 5.50. The third-order valence-electron chi connectivity index (χ3n) is 4.10. The average Bonchev–Trinajstić information content (AvgIpc) is 3.05. The number of carbonyl (C=O) groups is 1. The van der Waals surface area contributed by atoms with Crippen molar-refractivity contribution >= 4 is 5.91 Å². The zero-order valence-corrected chi connectivity index (χ0v) is 11.5. The molecule has 1 atom stereocenters. The summed E-state index contributed by atoms with van der Waals surface area (Å²) in [5, 5.41) is 8.83. The van der Waals surface area contributed by atoms with Crippen LogP contribution in [0.5, 0.6) is 5.75 Å². The molecule has 3 rings (SSSR count). The van der Waals surface area contributed by atoms with Gasteiger partial charge in [-0.1, -0.05) is 6.07 Å². The van der Waals surface area contributed by atoms with Crippen LogP contribution in [0.3, 0.4) is 0 Å². The number of benzene rings is 1. The number of aryl methyl sites for hydroxylation is 2. The number of rotatable bonds is 4. The number of likely N-dealkylation sites (tertiary alicyclic amines) is 1. The number of ether oxygens (including phenoxy) is 1. The van der Waals surface area contributed by atoms with Crippen molar-refractivity contribution in [2.45, 2.75) is 25.7 Å². The first kappa shape index (κ1) is 13.0. The van der Waals surface area contributed by atoms with Gasteiger partial charge in [-0.15, -0.1) is 0 Å². The third kappa shape index (κ3) is 2.62. The van der Waals surface area contributed by atoms with Gasteiger partial charge in [-0.05, 0) is 42.5 Å². The molecule has 4 nitrogen and oxygen atoms in total. The van der Waals surface area contributed by atoms with E-state index in [-0.39, 0.29) is 11.8 Å². The molecule has 4 heteroatoms. The van der Waals surface area contributed by atoms with Gasteiger partial charge in [0.05, 0.1) is 18.5 Å². The summed E-state index contributed by atoms with van der Waals surface area (Å²) >= 11 is 0. The number of nitrogens with zero attached hydrogens (tertiary/aromatic N) is 2. The number of hydrogen-bond donors (Lipinski definition) is 0. The van der Waals surface area contributed by atoms with E-state index in [9.17, 15) is 4.79 Å². The van der Waals surface area contributed by atoms with Gasteiger partial charge in [-0.25, -0.2) is 0 Å². The molecule has 20 heavy (non-hydrogen) atoms. The average molecular weight is 270 g/mol. The summed E-state index contributed by atoms with van der Waals surface area (Å²) in [5.41, 5.74) is 2.83. The third-order valence-corrected chi connectivity index (χ3v) is 4.10. The molecule has 0 bridgehead atoms. The summed E-state index contributed by atoms with van der Waals surface area (Å²) in [5.74, 6) is 0.797. The van der Waals surface area contributed by atoms with Crippen LogP contribution < -0.4 is 4.74 Å². The molecule has 0 radical (unpaired) electrons. The van der Waals surface area contributed by atoms with E-state index < -0.39 is 0 Å². The molecule has 1 fully saturated rings. The molecule has 1 unspecified atom stereocenters. The standard InChI is InChI=1S/C16H18N2O2/c17-10-12-8-16(19)18(11-12)6-7-20-15-5-4-13-2-1-3-14(13)9-15/h4-5,9,12H,1-3,6-8,11H2. The van der Waals surface area contributed by atoms with Crippen LogP contribution in [0.15, 0.2) is 18.2 Å². The lowest BCUT2D eigenvalue weighted by Gasteiger charge is -2.16. The van der Waals surface area contributed by atoms with Crippen LogP contribution >= 0.6 is 0 Å². The highest BCUT2D eigenvalue weighted by molar-refractivity contribution is 5.79. The van der Waals surface area contributed by atoms with Crippen molar-refractivity contribution in [1.29, 1.82) is 5.26 Å². The van der Waals surface area contributed by atoms with Gasteiger partial charge >= 0.3 is 0 Å². The van der Waals surface area contributed by atoms with Crippen molar-refractivity contribution in [1.82, 2.24) is 4.90 Å². The zero-order chi connectivity index (χ0) is 13.9. The van der Waals surface area contributed by atoms with Crippen LogP contribution in [0, 0.1) is 17.2 Å². The number of carbonyl (C=O) groups excluding carboxylic acids is 1. The Morgan fingerprint density at radius 1 is 1.35 bits per heavy atom. The van der Waals surface area contributed by atoms with Gasteiger partial charge in [-0.3, -0.25) is 4.79 Å². The van der Waals surface area contributed by atoms with Gasteiger partial charge in [0.1, 0.15) is 12.4 Å². The normalized spacial score (nSPS) is 20.9. The van der Waals surface area contributed by atoms with Gasteiger partial charge in [0.15, 0.2) is 0 Å². The van der Waals surface area contributed by atoms with Crippen LogP contribution in [-0.4, -0.2) is 30.5 Å². The number of nitriles is 1. The molecule has 1 aromatic rings. The molecular weight excluding hydrogens is 252 g/mol. The Labute approximate surface area is 118 Å². The monoisotopic (exact) mass is 270 g/mol. The highest BCUT2D eigenvalue weighted by atomic mass is 16.5. The molecular formula is C16H18N2O2. The molecule has 1 aromatic carbocycles. The molecule has 1 saturated heterocycles. The second-order valence-corrected chi connectivity index (χ2v) is 5.50. The Morgan fingerprint density at radius 2 is 2.20 bits per heavy atom. The maximum Gasteiger partial charge on any atom is 0.224 e. The molecule has 104 valence electrons. The number of fused-ring (bicyclic) bond motifs is 1. The quantitative estimate of drug-likeness (QED) is 0.840. The largest absolute Gasteiger partial charge is 0.492 e. The van der Waals surface area contributed by atoms with Crippen LogP contribution in [0.1, 0.15) is 24.0 Å². The topological polar surface area (TPSA) is 53.3 Å². The van der Waals surface area contributed by atoms with E-state index in [0.29, 0.717) is 26.1 Å². The molecule has 0 saturated carbocycles. The van der Waals surface area contributed by atoms with Crippen molar-refractivity contribution in [2.24, 2.45) is 5.92 Å². The van der Waals surface area contributed by atoms with Gasteiger partial charge < -0.3 is 9.64 Å². The smallest absolute Gasteiger partial charge is 0.224 e. The Balaban J connectivity index is 1.51. The van der Waals surface area contributed by atoms with Crippen molar-refractivity contribution in [2.75, 3.05) is 19.7 Å². The molecule has 0 spiro atoms. The van der Waals surface area contributed by atoms with Crippen molar-refractivity contribution < 1.29 is 9.53 Å². The Hall–Kier alpha value is -2.02. The van der Waals surface area contributed by atoms with Gasteiger partial charge in [-0.2, -0.15) is 5.26 Å². The van der Waals surface area contributed by atoms with Crippen LogP contribution in [-0.2, 0) is 17.6 Å². The van der Waals surface area contributed by atoms with E-state index in [4.69, 9.17) is 10.00 Å². The van der Waals surface area contributed by atoms with Crippen molar-refractivity contribution in [3.63, 3.8) is 0 Å². The first-order chi connectivity index (χ1) is 9.76. The summed E-state index contributed by atoms with van der Waals surface area (Å²) in [6.45, 7) is 1.60. The second kappa shape index (κ2) is 5.54. The molecule has 1 aliphatic heterocycles. The fourth-order valence-corrected chi connectivity index (χ4v) is 2.99. The Morgan fingerprint density at radius 3 is 3.00 bits per heavy atom. The summed E-state index contributed by atoms with van der Waals surface area (Å²) in [7, 11) is 0. The molecule has 2 aliphatic rings. The first-order valence-corrected chi connectivity index (χ1v) is 7.18. The minimum absolute atomic E-state index is 0.0640. The maximum absolute atomic E-state index is 11.7. The lowest BCUT2D eigenvalue weighted by Crippen LogP contribution is -2.29. The number of amides is 1. The summed E-state index contributed by atoms with van der Waals surface area (Å²) in [6.07, 6.45) is 3.90. The highest BCUT2D eigenvalue weighted by Crippen LogP contribution is 2.26. The van der Waals surface area contributed by atoms with Gasteiger partial charge in [0.25, 0.3) is 0 Å².